The molecule has 29 heavy (non-hydrogen) atoms. The van der Waals surface area contributed by atoms with Crippen LogP contribution in [0.3, 0.4) is 0 Å². The summed E-state index contributed by atoms with van der Waals surface area (Å²) in [6.07, 6.45) is 0. The average molecular weight is 480 g/mol. The molecule has 154 valence electrons. The highest BCUT2D eigenvalue weighted by Gasteiger charge is 2.11. The lowest BCUT2D eigenvalue weighted by molar-refractivity contribution is 0.0935. The monoisotopic (exact) mass is 479 g/mol. The largest absolute Gasteiger partial charge is 0.493 e. The molecule has 0 heterocycles. The van der Waals surface area contributed by atoms with E-state index in [0.29, 0.717) is 46.8 Å². The van der Waals surface area contributed by atoms with Gasteiger partial charge >= 0.3 is 0 Å². The summed E-state index contributed by atoms with van der Waals surface area (Å²) in [6.45, 7) is 3.31. The van der Waals surface area contributed by atoms with Gasteiger partial charge in [-0.2, -0.15) is 0 Å². The molecule has 0 aromatic heterocycles. The standard InChI is InChI=1S/C20H22BrN3O4S/c1-3-28-17-9-6-14(12-16(17)21)19(26)24-20(29)23-15-7-4-13(5-8-15)18(25)22-10-11-27-2/h4-9,12H,3,10-11H2,1-2H3,(H,22,25)(H2,23,24,26,29). The lowest BCUT2D eigenvalue weighted by Gasteiger charge is -2.11. The highest BCUT2D eigenvalue weighted by Crippen LogP contribution is 2.26. The second-order valence-corrected chi connectivity index (χ2v) is 7.08. The topological polar surface area (TPSA) is 88.7 Å². The fourth-order valence-corrected chi connectivity index (χ4v) is 3.03. The molecule has 0 unspecified atom stereocenters. The van der Waals surface area contributed by atoms with Gasteiger partial charge in [0.2, 0.25) is 0 Å². The molecule has 3 N–H and O–H groups in total. The Balaban J connectivity index is 1.90. The SMILES string of the molecule is CCOc1ccc(C(=O)NC(=S)Nc2ccc(C(=O)NCCOC)cc2)cc1Br. The molecule has 0 aliphatic heterocycles. The van der Waals surface area contributed by atoms with Crippen molar-refractivity contribution >= 4 is 50.8 Å². The van der Waals surface area contributed by atoms with Crippen LogP contribution in [0.15, 0.2) is 46.9 Å². The summed E-state index contributed by atoms with van der Waals surface area (Å²) in [4.78, 5) is 24.3. The molecule has 0 fully saturated rings. The van der Waals surface area contributed by atoms with Crippen LogP contribution in [0.2, 0.25) is 0 Å². The Labute approximate surface area is 183 Å². The van der Waals surface area contributed by atoms with Crippen LogP contribution in [-0.2, 0) is 4.74 Å². The van der Waals surface area contributed by atoms with Crippen LogP contribution < -0.4 is 20.7 Å². The number of ether oxygens (including phenoxy) is 2. The molecule has 0 bridgehead atoms. The van der Waals surface area contributed by atoms with Crippen molar-refractivity contribution in [2.24, 2.45) is 0 Å². The summed E-state index contributed by atoms with van der Waals surface area (Å²) in [5, 5.41) is 8.43. The van der Waals surface area contributed by atoms with Gasteiger partial charge in [0.1, 0.15) is 5.75 Å². The Kier molecular flexibility index (Phi) is 9.04. The maximum Gasteiger partial charge on any atom is 0.257 e. The van der Waals surface area contributed by atoms with E-state index in [1.807, 2.05) is 6.92 Å². The molecule has 2 aromatic rings. The fraction of sp³-hybridized carbons (Fsp3) is 0.250. The van der Waals surface area contributed by atoms with Crippen molar-refractivity contribution in [1.29, 1.82) is 0 Å². The van der Waals surface area contributed by atoms with Crippen molar-refractivity contribution in [3.8, 4) is 5.75 Å². The molecule has 2 rings (SSSR count). The van der Waals surface area contributed by atoms with Crippen LogP contribution in [0.5, 0.6) is 5.75 Å². The van der Waals surface area contributed by atoms with Crippen molar-refractivity contribution < 1.29 is 19.1 Å². The third-order valence-electron chi connectivity index (χ3n) is 3.72. The van der Waals surface area contributed by atoms with Gasteiger partial charge < -0.3 is 20.1 Å². The van der Waals surface area contributed by atoms with Gasteiger partial charge in [-0.25, -0.2) is 0 Å². The van der Waals surface area contributed by atoms with Crippen LogP contribution in [-0.4, -0.2) is 43.8 Å². The summed E-state index contributed by atoms with van der Waals surface area (Å²) in [6, 6.07) is 11.8. The van der Waals surface area contributed by atoms with Crippen molar-refractivity contribution in [3.05, 3.63) is 58.1 Å². The van der Waals surface area contributed by atoms with Crippen LogP contribution in [0, 0.1) is 0 Å². The Morgan fingerprint density at radius 2 is 1.76 bits per heavy atom. The molecular weight excluding hydrogens is 458 g/mol. The van der Waals surface area contributed by atoms with E-state index in [0.717, 1.165) is 0 Å². The van der Waals surface area contributed by atoms with Gasteiger partial charge in [-0.15, -0.1) is 0 Å². The van der Waals surface area contributed by atoms with E-state index < -0.39 is 0 Å². The maximum absolute atomic E-state index is 12.4. The molecule has 2 amide bonds. The number of carbonyl (C=O) groups is 2. The molecule has 0 aliphatic carbocycles. The molecule has 0 saturated heterocycles. The number of hydrogen-bond donors (Lipinski definition) is 3. The maximum atomic E-state index is 12.4. The Bertz CT molecular complexity index is 875. The van der Waals surface area contributed by atoms with Crippen LogP contribution in [0.25, 0.3) is 0 Å². The summed E-state index contributed by atoms with van der Waals surface area (Å²) < 4.78 is 11.0. The third kappa shape index (κ3) is 7.12. The van der Waals surface area contributed by atoms with Crippen molar-refractivity contribution in [1.82, 2.24) is 10.6 Å². The first-order valence-electron chi connectivity index (χ1n) is 8.86. The number of methoxy groups -OCH3 is 1. The van der Waals surface area contributed by atoms with E-state index in [1.165, 1.54) is 0 Å². The number of nitrogens with one attached hydrogen (secondary N) is 3. The van der Waals surface area contributed by atoms with Gasteiger partial charge in [0.15, 0.2) is 5.11 Å². The van der Waals surface area contributed by atoms with Gasteiger partial charge in [0.05, 0.1) is 17.7 Å². The second-order valence-electron chi connectivity index (χ2n) is 5.81. The van der Waals surface area contributed by atoms with Gasteiger partial charge in [-0.05, 0) is 77.5 Å². The lowest BCUT2D eigenvalue weighted by atomic mass is 10.2. The smallest absolute Gasteiger partial charge is 0.257 e. The van der Waals surface area contributed by atoms with Gasteiger partial charge in [-0.1, -0.05) is 0 Å². The van der Waals surface area contributed by atoms with E-state index >= 15 is 0 Å². The van der Waals surface area contributed by atoms with Crippen LogP contribution in [0.4, 0.5) is 5.69 Å². The van der Waals surface area contributed by atoms with Gasteiger partial charge in [0, 0.05) is 30.5 Å². The minimum absolute atomic E-state index is 0.150. The second kappa shape index (κ2) is 11.5. The van der Waals surface area contributed by atoms with E-state index in [9.17, 15) is 9.59 Å². The Morgan fingerprint density at radius 3 is 2.38 bits per heavy atom. The molecule has 0 atom stereocenters. The quantitative estimate of drug-likeness (QED) is 0.397. The molecule has 0 saturated carbocycles. The van der Waals surface area contributed by atoms with Crippen LogP contribution in [0.1, 0.15) is 27.6 Å². The number of carbonyl (C=O) groups excluding carboxylic acids is 2. The molecular formula is C20H22BrN3O4S. The van der Waals surface area contributed by atoms with E-state index in [-0.39, 0.29) is 16.9 Å². The van der Waals surface area contributed by atoms with Crippen LogP contribution >= 0.6 is 28.1 Å². The van der Waals surface area contributed by atoms with Crippen molar-refractivity contribution in [2.45, 2.75) is 6.92 Å². The van der Waals surface area contributed by atoms with E-state index in [2.05, 4.69) is 31.9 Å². The molecule has 9 heteroatoms. The number of anilines is 1. The summed E-state index contributed by atoms with van der Waals surface area (Å²) in [5.74, 6) is 0.127. The number of rotatable bonds is 8. The van der Waals surface area contributed by atoms with Crippen molar-refractivity contribution in [2.75, 3.05) is 32.2 Å². The number of benzene rings is 2. The molecule has 7 nitrogen and oxygen atoms in total. The Hall–Kier alpha value is -2.49. The first-order valence-corrected chi connectivity index (χ1v) is 10.1. The van der Waals surface area contributed by atoms with Crippen molar-refractivity contribution in [3.63, 3.8) is 0 Å². The summed E-state index contributed by atoms with van der Waals surface area (Å²) in [5.41, 5.74) is 1.60. The highest BCUT2D eigenvalue weighted by atomic mass is 79.9. The minimum atomic E-state index is -0.347. The van der Waals surface area contributed by atoms with Gasteiger partial charge in [-0.3, -0.25) is 14.9 Å². The zero-order chi connectivity index (χ0) is 21.2. The normalized spacial score (nSPS) is 10.2. The van der Waals surface area contributed by atoms with E-state index in [4.69, 9.17) is 21.7 Å². The van der Waals surface area contributed by atoms with E-state index in [1.54, 1.807) is 49.6 Å². The molecule has 0 aliphatic rings. The summed E-state index contributed by atoms with van der Waals surface area (Å²) in [7, 11) is 1.57. The number of amides is 2. The minimum Gasteiger partial charge on any atom is -0.493 e. The lowest BCUT2D eigenvalue weighted by Crippen LogP contribution is -2.34. The predicted molar refractivity (Wildman–Crippen MR) is 120 cm³/mol. The molecule has 0 radical (unpaired) electrons. The predicted octanol–water partition coefficient (Wildman–Crippen LogP) is 3.35. The van der Waals surface area contributed by atoms with Gasteiger partial charge in [0.25, 0.3) is 11.8 Å². The first-order chi connectivity index (χ1) is 13.9. The fourth-order valence-electron chi connectivity index (χ4n) is 2.33. The molecule has 2 aromatic carbocycles. The molecule has 0 spiro atoms. The summed E-state index contributed by atoms with van der Waals surface area (Å²) >= 11 is 8.58. The zero-order valence-corrected chi connectivity index (χ0v) is 18.5. The zero-order valence-electron chi connectivity index (χ0n) is 16.1. The third-order valence-corrected chi connectivity index (χ3v) is 4.54. The number of halogens is 1. The average Bonchev–Trinajstić information content (AvgIpc) is 2.70. The highest BCUT2D eigenvalue weighted by molar-refractivity contribution is 9.10. The number of thiocarbonyl (C=S) groups is 1. The Morgan fingerprint density at radius 1 is 1.07 bits per heavy atom. The first kappa shape index (κ1) is 22.8. The number of hydrogen-bond acceptors (Lipinski definition) is 5.